The van der Waals surface area contributed by atoms with Crippen LogP contribution in [0.3, 0.4) is 0 Å². The quantitative estimate of drug-likeness (QED) is 0.927. The minimum absolute atomic E-state index is 0.0107. The number of hydrogen-bond donors (Lipinski definition) is 1. The van der Waals surface area contributed by atoms with E-state index >= 15 is 0 Å². The second kappa shape index (κ2) is 5.05. The van der Waals surface area contributed by atoms with Crippen molar-refractivity contribution in [2.24, 2.45) is 0 Å². The summed E-state index contributed by atoms with van der Waals surface area (Å²) in [5, 5.41) is 0.0107. The van der Waals surface area contributed by atoms with Crippen molar-refractivity contribution < 1.29 is 13.9 Å². The Labute approximate surface area is 107 Å². The van der Waals surface area contributed by atoms with E-state index in [-0.39, 0.29) is 28.2 Å². The second-order valence-corrected chi connectivity index (χ2v) is 3.68. The molecule has 0 aliphatic heterocycles. The molecule has 0 unspecified atom stereocenters. The highest BCUT2D eigenvalue weighted by molar-refractivity contribution is 6.30. The zero-order valence-electron chi connectivity index (χ0n) is 9.35. The van der Waals surface area contributed by atoms with Crippen molar-refractivity contribution in [3.8, 4) is 17.4 Å². The number of benzene rings is 1. The van der Waals surface area contributed by atoms with Gasteiger partial charge in [-0.3, -0.25) is 0 Å². The fraction of sp³-hybridized carbons (Fsp3) is 0.0909. The summed E-state index contributed by atoms with van der Waals surface area (Å²) in [6.45, 7) is 0. The van der Waals surface area contributed by atoms with E-state index in [1.165, 1.54) is 25.6 Å². The maximum Gasteiger partial charge on any atom is 0.268 e. The lowest BCUT2D eigenvalue weighted by Gasteiger charge is -2.10. The van der Waals surface area contributed by atoms with Crippen LogP contribution in [0.2, 0.25) is 5.02 Å². The highest BCUT2D eigenvalue weighted by atomic mass is 35.5. The average Bonchev–Trinajstić information content (AvgIpc) is 2.34. The topological polar surface area (TPSA) is 70.3 Å². The van der Waals surface area contributed by atoms with E-state index in [0.717, 1.165) is 6.07 Å². The van der Waals surface area contributed by atoms with Gasteiger partial charge >= 0.3 is 0 Å². The van der Waals surface area contributed by atoms with Crippen molar-refractivity contribution in [2.75, 3.05) is 12.8 Å². The van der Waals surface area contributed by atoms with E-state index in [2.05, 4.69) is 9.97 Å². The molecule has 0 aliphatic rings. The summed E-state index contributed by atoms with van der Waals surface area (Å²) < 4.78 is 23.6. The summed E-state index contributed by atoms with van der Waals surface area (Å²) in [6.07, 6.45) is 1.22. The average molecular weight is 270 g/mol. The van der Waals surface area contributed by atoms with Gasteiger partial charge in [-0.25, -0.2) is 9.37 Å². The van der Waals surface area contributed by atoms with Crippen molar-refractivity contribution in [3.63, 3.8) is 0 Å². The molecule has 0 amide bonds. The predicted molar refractivity (Wildman–Crippen MR) is 64.5 cm³/mol. The molecule has 0 spiro atoms. The van der Waals surface area contributed by atoms with Crippen LogP contribution in [0.4, 0.5) is 10.2 Å². The van der Waals surface area contributed by atoms with Gasteiger partial charge in [0, 0.05) is 6.07 Å². The summed E-state index contributed by atoms with van der Waals surface area (Å²) in [5.41, 5.74) is 5.59. The van der Waals surface area contributed by atoms with Crippen molar-refractivity contribution in [3.05, 3.63) is 35.4 Å². The Morgan fingerprint density at radius 2 is 2.11 bits per heavy atom. The molecule has 0 radical (unpaired) electrons. The number of anilines is 1. The molecule has 2 aromatic rings. The number of ether oxygens (including phenoxy) is 2. The molecule has 1 heterocycles. The van der Waals surface area contributed by atoms with Crippen LogP contribution in [0, 0.1) is 5.82 Å². The van der Waals surface area contributed by atoms with Gasteiger partial charge in [-0.1, -0.05) is 11.6 Å². The van der Waals surface area contributed by atoms with Gasteiger partial charge in [0.2, 0.25) is 5.75 Å². The van der Waals surface area contributed by atoms with E-state index < -0.39 is 5.82 Å². The molecule has 1 aromatic carbocycles. The van der Waals surface area contributed by atoms with Crippen LogP contribution in [0.5, 0.6) is 17.4 Å². The van der Waals surface area contributed by atoms with E-state index in [9.17, 15) is 4.39 Å². The molecule has 94 valence electrons. The molecule has 0 bridgehead atoms. The number of methoxy groups -OCH3 is 1. The van der Waals surface area contributed by atoms with Crippen LogP contribution < -0.4 is 15.2 Å². The third kappa shape index (κ3) is 2.43. The van der Waals surface area contributed by atoms with Crippen molar-refractivity contribution in [2.45, 2.75) is 0 Å². The van der Waals surface area contributed by atoms with Gasteiger partial charge in [-0.05, 0) is 12.1 Å². The SMILES string of the molecule is COc1c(N)ncnc1Oc1ccc(Cl)c(F)c1. The van der Waals surface area contributed by atoms with Crippen LogP contribution in [0.1, 0.15) is 0 Å². The maximum atomic E-state index is 13.2. The van der Waals surface area contributed by atoms with E-state index in [4.69, 9.17) is 26.8 Å². The highest BCUT2D eigenvalue weighted by Gasteiger charge is 2.12. The second-order valence-electron chi connectivity index (χ2n) is 3.28. The van der Waals surface area contributed by atoms with Gasteiger partial charge in [0.25, 0.3) is 5.88 Å². The normalized spacial score (nSPS) is 10.2. The standard InChI is InChI=1S/C11H9ClFN3O2/c1-17-9-10(14)15-5-16-11(9)18-6-2-3-7(12)8(13)4-6/h2-5H,1H3,(H2,14,15,16). The molecule has 1 aromatic heterocycles. The first-order valence-electron chi connectivity index (χ1n) is 4.89. The largest absolute Gasteiger partial charge is 0.489 e. The lowest BCUT2D eigenvalue weighted by Crippen LogP contribution is -2.00. The molecule has 18 heavy (non-hydrogen) atoms. The van der Waals surface area contributed by atoms with Crippen LogP contribution in [-0.4, -0.2) is 17.1 Å². The summed E-state index contributed by atoms with van der Waals surface area (Å²) in [6, 6.07) is 4.02. The highest BCUT2D eigenvalue weighted by Crippen LogP contribution is 2.33. The lowest BCUT2D eigenvalue weighted by molar-refractivity contribution is 0.368. The zero-order chi connectivity index (χ0) is 13.1. The van der Waals surface area contributed by atoms with Crippen LogP contribution in [0.15, 0.2) is 24.5 Å². The number of nitrogen functional groups attached to an aromatic ring is 1. The van der Waals surface area contributed by atoms with E-state index in [0.29, 0.717) is 0 Å². The molecule has 0 atom stereocenters. The smallest absolute Gasteiger partial charge is 0.268 e. The molecule has 0 saturated heterocycles. The summed E-state index contributed by atoms with van der Waals surface area (Å²) >= 11 is 5.57. The molecule has 2 N–H and O–H groups in total. The Balaban J connectivity index is 2.34. The monoisotopic (exact) mass is 269 g/mol. The number of nitrogens with zero attached hydrogens (tertiary/aromatic N) is 2. The Bertz CT molecular complexity index is 580. The third-order valence-corrected chi connectivity index (χ3v) is 2.41. The molecule has 0 aliphatic carbocycles. The summed E-state index contributed by atoms with van der Waals surface area (Å²) in [4.78, 5) is 7.61. The van der Waals surface area contributed by atoms with Gasteiger partial charge in [0.05, 0.1) is 12.1 Å². The molecule has 5 nitrogen and oxygen atoms in total. The first-order chi connectivity index (χ1) is 8.61. The number of halogens is 2. The van der Waals surface area contributed by atoms with Gasteiger partial charge < -0.3 is 15.2 Å². The van der Waals surface area contributed by atoms with Gasteiger partial charge in [0.15, 0.2) is 5.82 Å². The Morgan fingerprint density at radius 1 is 1.33 bits per heavy atom. The van der Waals surface area contributed by atoms with E-state index in [1.54, 1.807) is 0 Å². The van der Waals surface area contributed by atoms with Crippen LogP contribution >= 0.6 is 11.6 Å². The first-order valence-corrected chi connectivity index (χ1v) is 5.27. The molecular formula is C11H9ClFN3O2. The third-order valence-electron chi connectivity index (χ3n) is 2.11. The predicted octanol–water partition coefficient (Wildman–Crippen LogP) is 2.65. The maximum absolute atomic E-state index is 13.2. The molecule has 0 saturated carbocycles. The van der Waals surface area contributed by atoms with Crippen LogP contribution in [0.25, 0.3) is 0 Å². The fourth-order valence-electron chi connectivity index (χ4n) is 1.29. The van der Waals surface area contributed by atoms with Crippen molar-refractivity contribution >= 4 is 17.4 Å². The number of nitrogens with two attached hydrogens (primary N) is 1. The molecular weight excluding hydrogens is 261 g/mol. The summed E-state index contributed by atoms with van der Waals surface area (Å²) in [5.74, 6) is 0.0694. The molecule has 2 rings (SSSR count). The minimum Gasteiger partial charge on any atom is -0.489 e. The van der Waals surface area contributed by atoms with Crippen molar-refractivity contribution in [1.82, 2.24) is 9.97 Å². The van der Waals surface area contributed by atoms with Crippen LogP contribution in [-0.2, 0) is 0 Å². The van der Waals surface area contributed by atoms with Gasteiger partial charge in [0.1, 0.15) is 17.9 Å². The van der Waals surface area contributed by atoms with Crippen molar-refractivity contribution in [1.29, 1.82) is 0 Å². The fourth-order valence-corrected chi connectivity index (χ4v) is 1.40. The lowest BCUT2D eigenvalue weighted by atomic mass is 10.3. The number of rotatable bonds is 3. The zero-order valence-corrected chi connectivity index (χ0v) is 10.1. The number of hydrogen-bond acceptors (Lipinski definition) is 5. The van der Waals surface area contributed by atoms with Gasteiger partial charge in [-0.2, -0.15) is 4.98 Å². The molecule has 7 heteroatoms. The summed E-state index contributed by atoms with van der Waals surface area (Å²) in [7, 11) is 1.41. The Hall–Kier alpha value is -2.08. The number of aromatic nitrogens is 2. The van der Waals surface area contributed by atoms with E-state index in [1.807, 2.05) is 0 Å². The Kier molecular flexibility index (Phi) is 3.47. The van der Waals surface area contributed by atoms with Gasteiger partial charge in [-0.15, -0.1) is 0 Å². The minimum atomic E-state index is -0.588. The first kappa shape index (κ1) is 12.4. The Morgan fingerprint density at radius 3 is 2.78 bits per heavy atom. The molecule has 0 fully saturated rings.